The molecule has 0 aromatic carbocycles. The second-order valence-electron chi connectivity index (χ2n) is 24.2. The van der Waals surface area contributed by atoms with E-state index in [4.69, 9.17) is 4.74 Å². The number of aliphatic carboxylic acids is 1. The molecule has 14 atom stereocenters. The first-order valence-electron chi connectivity index (χ1n) is 23.8. The lowest BCUT2D eigenvalue weighted by Gasteiger charge is -2.73. The third kappa shape index (κ3) is 6.02. The van der Waals surface area contributed by atoms with Gasteiger partial charge in [0.05, 0.1) is 22.9 Å². The van der Waals surface area contributed by atoms with Crippen molar-refractivity contribution in [2.45, 2.75) is 189 Å². The molecule has 2 saturated heterocycles. The van der Waals surface area contributed by atoms with Crippen molar-refractivity contribution in [2.75, 3.05) is 19.6 Å². The van der Waals surface area contributed by atoms with E-state index >= 15 is 4.79 Å². The number of ether oxygens (including phenoxy) is 1. The van der Waals surface area contributed by atoms with Crippen LogP contribution in [0.25, 0.3) is 0 Å². The Kier molecular flexibility index (Phi) is 10.4. The molecule has 8 nitrogen and oxygen atoms in total. The molecule has 1 amide bonds. The van der Waals surface area contributed by atoms with E-state index in [9.17, 15) is 19.8 Å². The minimum atomic E-state index is -0.815. The van der Waals surface area contributed by atoms with Gasteiger partial charge in [0.25, 0.3) is 0 Å². The number of carboxylic acid groups (broad SMARTS) is 1. The van der Waals surface area contributed by atoms with Crippen LogP contribution in [0, 0.1) is 73.9 Å². The predicted molar refractivity (Wildman–Crippen MR) is 227 cm³/mol. The molecule has 0 radical (unpaired) electrons. The van der Waals surface area contributed by atoms with E-state index in [1.54, 1.807) is 0 Å². The van der Waals surface area contributed by atoms with Crippen molar-refractivity contribution in [2.24, 2.45) is 73.9 Å². The number of rotatable bonds is 8. The van der Waals surface area contributed by atoms with Crippen molar-refractivity contribution in [3.05, 3.63) is 12.2 Å². The molecule has 2 aliphatic heterocycles. The predicted octanol–water partition coefficient (Wildman–Crippen LogP) is 9.53. The Morgan fingerprint density at radius 3 is 2.14 bits per heavy atom. The molecule has 0 spiro atoms. The maximum absolute atomic E-state index is 15.5. The maximum atomic E-state index is 15.5. The van der Waals surface area contributed by atoms with Gasteiger partial charge in [0.2, 0.25) is 5.91 Å². The fourth-order valence-electron chi connectivity index (χ4n) is 17.4. The Labute approximate surface area is 351 Å². The number of aliphatic hydroxyl groups is 1. The maximum Gasteiger partial charge on any atom is 0.309 e. The van der Waals surface area contributed by atoms with Gasteiger partial charge in [-0.15, -0.1) is 0 Å². The SMILES string of the molecule is C=C(C)[C@@H]1CC[C@]2(C(=O)N3CCC[C@H]3CN3CCC[C@H]3C(C)(C)O)CC[C@]3(C)[C@H](CC[C@@H]4[C@@]5(C)CC[C@H](OC(=O)[C@H]6C[C@@H](C(=O)O)C6(C)C)C(C)(C)[C@@H]5CC[C@]43C)[C@@H]12. The van der Waals surface area contributed by atoms with Gasteiger partial charge >= 0.3 is 11.9 Å². The molecule has 326 valence electrons. The van der Waals surface area contributed by atoms with Crippen molar-refractivity contribution >= 4 is 17.8 Å². The molecule has 0 aromatic heterocycles. The topological polar surface area (TPSA) is 107 Å². The number of hydrogen-bond donors (Lipinski definition) is 2. The molecule has 0 bridgehead atoms. The Balaban J connectivity index is 1.03. The molecule has 0 unspecified atom stereocenters. The van der Waals surface area contributed by atoms with Crippen molar-refractivity contribution in [3.8, 4) is 0 Å². The molecular formula is C50H80N2O6. The Hall–Kier alpha value is -1.93. The third-order valence-electron chi connectivity index (χ3n) is 20.8. The third-order valence-corrected chi connectivity index (χ3v) is 20.8. The molecule has 6 aliphatic carbocycles. The lowest BCUT2D eigenvalue weighted by molar-refractivity contribution is -0.251. The summed E-state index contributed by atoms with van der Waals surface area (Å²) >= 11 is 0. The molecule has 8 heteroatoms. The normalized spacial score (nSPS) is 46.9. The van der Waals surface area contributed by atoms with Crippen LogP contribution in [0.5, 0.6) is 0 Å². The van der Waals surface area contributed by atoms with Crippen molar-refractivity contribution < 1.29 is 29.3 Å². The summed E-state index contributed by atoms with van der Waals surface area (Å²) in [6, 6.07) is 0.383. The number of carboxylic acids is 1. The van der Waals surface area contributed by atoms with Crippen LogP contribution in [0.1, 0.15) is 166 Å². The molecular weight excluding hydrogens is 725 g/mol. The summed E-state index contributed by atoms with van der Waals surface area (Å²) in [7, 11) is 0. The highest BCUT2D eigenvalue weighted by Crippen LogP contribution is 2.78. The minimum Gasteiger partial charge on any atom is -0.481 e. The number of carbonyl (C=O) groups is 3. The molecule has 8 rings (SSSR count). The number of esters is 1. The van der Waals surface area contributed by atoms with Crippen LogP contribution in [-0.4, -0.2) is 81.3 Å². The first-order chi connectivity index (χ1) is 26.9. The van der Waals surface area contributed by atoms with Gasteiger partial charge in [-0.1, -0.05) is 60.6 Å². The molecule has 8 fully saturated rings. The summed E-state index contributed by atoms with van der Waals surface area (Å²) in [5.41, 5.74) is -0.147. The lowest BCUT2D eigenvalue weighted by Crippen LogP contribution is -2.68. The van der Waals surface area contributed by atoms with Gasteiger partial charge in [-0.3, -0.25) is 19.3 Å². The second kappa shape index (κ2) is 14.0. The standard InChI is InChI=1S/C50H80N2O6/c1-30(2)32-18-23-50(43(56)52-27-12-14-31(52)29-51-26-13-15-38(51)46(7,8)57)25-24-48(10)33(40(32)50)16-17-37-47(9)21-20-39(45(5,6)36(47)19-22-49(37,48)11)58-42(55)35-28-34(41(53)54)44(35,3)4/h31-40,57H,1,12-29H2,2-11H3,(H,53,54)/t31-,32-,33+,34-,35+,36-,37+,38-,39-,40+,47-,48+,49+,50-/m0/s1. The summed E-state index contributed by atoms with van der Waals surface area (Å²) in [6.07, 6.45) is 15.2. The smallest absolute Gasteiger partial charge is 0.309 e. The summed E-state index contributed by atoms with van der Waals surface area (Å²) < 4.78 is 6.47. The average molecular weight is 805 g/mol. The Morgan fingerprint density at radius 1 is 0.776 bits per heavy atom. The molecule has 8 aliphatic rings. The molecule has 2 N–H and O–H groups in total. The zero-order valence-electron chi connectivity index (χ0n) is 38.1. The first-order valence-corrected chi connectivity index (χ1v) is 23.8. The van der Waals surface area contributed by atoms with Crippen molar-refractivity contribution in [3.63, 3.8) is 0 Å². The zero-order chi connectivity index (χ0) is 42.2. The Morgan fingerprint density at radius 2 is 1.48 bits per heavy atom. The number of nitrogens with zero attached hydrogens (tertiary/aromatic N) is 2. The second-order valence-corrected chi connectivity index (χ2v) is 24.2. The number of carbonyl (C=O) groups excluding carboxylic acids is 2. The summed E-state index contributed by atoms with van der Waals surface area (Å²) in [6.45, 7) is 30.0. The van der Waals surface area contributed by atoms with E-state index in [1.807, 2.05) is 27.7 Å². The van der Waals surface area contributed by atoms with E-state index in [1.165, 1.54) is 24.8 Å². The highest BCUT2D eigenvalue weighted by molar-refractivity contribution is 5.85. The van der Waals surface area contributed by atoms with Crippen molar-refractivity contribution in [1.29, 1.82) is 0 Å². The van der Waals surface area contributed by atoms with Gasteiger partial charge < -0.3 is 19.8 Å². The summed E-state index contributed by atoms with van der Waals surface area (Å²) in [5, 5.41) is 20.7. The van der Waals surface area contributed by atoms with Crippen LogP contribution < -0.4 is 0 Å². The minimum absolute atomic E-state index is 0.125. The van der Waals surface area contributed by atoms with Crippen LogP contribution in [0.3, 0.4) is 0 Å². The van der Waals surface area contributed by atoms with E-state index in [0.29, 0.717) is 41.9 Å². The number of likely N-dealkylation sites (tertiary alicyclic amines) is 2. The molecule has 6 saturated carbocycles. The van der Waals surface area contributed by atoms with Crippen molar-refractivity contribution in [1.82, 2.24) is 9.80 Å². The number of hydrogen-bond acceptors (Lipinski definition) is 6. The fraction of sp³-hybridized carbons (Fsp3) is 0.900. The largest absolute Gasteiger partial charge is 0.481 e. The molecule has 0 aromatic rings. The first kappa shape index (κ1) is 42.7. The van der Waals surface area contributed by atoms with Crippen LogP contribution >= 0.6 is 0 Å². The monoisotopic (exact) mass is 805 g/mol. The molecule has 58 heavy (non-hydrogen) atoms. The number of amides is 1. The van der Waals surface area contributed by atoms with Crippen LogP contribution in [-0.2, 0) is 19.1 Å². The van der Waals surface area contributed by atoms with Gasteiger partial charge in [0, 0.05) is 30.6 Å². The Bertz CT molecular complexity index is 1680. The summed E-state index contributed by atoms with van der Waals surface area (Å²) in [4.78, 5) is 45.9. The average Bonchev–Trinajstić information content (AvgIpc) is 3.88. The van der Waals surface area contributed by atoms with E-state index in [-0.39, 0.29) is 57.1 Å². The molecule has 2 heterocycles. The van der Waals surface area contributed by atoms with Crippen LogP contribution in [0.4, 0.5) is 0 Å². The lowest BCUT2D eigenvalue weighted by atomic mass is 9.32. The fourth-order valence-corrected chi connectivity index (χ4v) is 17.4. The van der Waals surface area contributed by atoms with Crippen LogP contribution in [0.15, 0.2) is 12.2 Å². The van der Waals surface area contributed by atoms with Gasteiger partial charge in [0.15, 0.2) is 0 Å². The van der Waals surface area contributed by atoms with E-state index < -0.39 is 22.9 Å². The van der Waals surface area contributed by atoms with Gasteiger partial charge in [-0.05, 0) is 175 Å². The van der Waals surface area contributed by atoms with Gasteiger partial charge in [-0.25, -0.2) is 0 Å². The number of allylic oxidation sites excluding steroid dienone is 1. The highest BCUT2D eigenvalue weighted by Gasteiger charge is 2.72. The van der Waals surface area contributed by atoms with Gasteiger partial charge in [0.1, 0.15) is 6.10 Å². The number of fused-ring (bicyclic) bond motifs is 7. The van der Waals surface area contributed by atoms with E-state index in [2.05, 4.69) is 57.9 Å². The van der Waals surface area contributed by atoms with Gasteiger partial charge in [-0.2, -0.15) is 0 Å². The highest BCUT2D eigenvalue weighted by atomic mass is 16.5. The zero-order valence-corrected chi connectivity index (χ0v) is 38.1. The quantitative estimate of drug-likeness (QED) is 0.186. The summed E-state index contributed by atoms with van der Waals surface area (Å²) in [5.74, 6) is 0.784. The van der Waals surface area contributed by atoms with Crippen LogP contribution in [0.2, 0.25) is 0 Å². The van der Waals surface area contributed by atoms with E-state index in [0.717, 1.165) is 90.3 Å².